The average molecular weight is 327 g/mol. The van der Waals surface area contributed by atoms with E-state index in [9.17, 15) is 9.59 Å². The quantitative estimate of drug-likeness (QED) is 0.681. The summed E-state index contributed by atoms with van der Waals surface area (Å²) >= 11 is 10.1. The second kappa shape index (κ2) is 6.22. The Morgan fingerprint density at radius 1 is 1.69 bits per heavy atom. The molecule has 1 unspecified atom stereocenters. The molecule has 0 saturated carbocycles. The maximum atomic E-state index is 11.6. The van der Waals surface area contributed by atoms with Gasteiger partial charge < -0.3 is 10.1 Å². The SMILES string of the molecule is COC(=O)C(Br)CNC(=O)c1sccc1Cl. The number of ether oxygens (including phenoxy) is 1. The number of halogens is 2. The van der Waals surface area contributed by atoms with Gasteiger partial charge >= 0.3 is 5.97 Å². The van der Waals surface area contributed by atoms with Crippen LogP contribution in [0.3, 0.4) is 0 Å². The van der Waals surface area contributed by atoms with Gasteiger partial charge in [0.2, 0.25) is 0 Å². The number of alkyl halides is 1. The summed E-state index contributed by atoms with van der Waals surface area (Å²) in [4.78, 5) is 22.5. The van der Waals surface area contributed by atoms with Crippen molar-refractivity contribution in [3.05, 3.63) is 21.3 Å². The molecule has 0 spiro atoms. The highest BCUT2D eigenvalue weighted by Gasteiger charge is 2.18. The fourth-order valence-corrected chi connectivity index (χ4v) is 2.34. The lowest BCUT2D eigenvalue weighted by atomic mass is 10.4. The molecule has 0 aromatic carbocycles. The van der Waals surface area contributed by atoms with Crippen LogP contribution >= 0.6 is 38.9 Å². The van der Waals surface area contributed by atoms with Gasteiger partial charge in [0, 0.05) is 6.54 Å². The van der Waals surface area contributed by atoms with E-state index in [4.69, 9.17) is 11.6 Å². The predicted molar refractivity (Wildman–Crippen MR) is 66.4 cm³/mol. The smallest absolute Gasteiger partial charge is 0.321 e. The van der Waals surface area contributed by atoms with E-state index in [0.29, 0.717) is 9.90 Å². The second-order valence-corrected chi connectivity index (χ2v) is 5.23. The number of rotatable bonds is 4. The molecule has 1 heterocycles. The van der Waals surface area contributed by atoms with E-state index in [1.807, 2.05) is 0 Å². The average Bonchev–Trinajstić information content (AvgIpc) is 2.70. The molecule has 0 saturated heterocycles. The highest BCUT2D eigenvalue weighted by atomic mass is 79.9. The molecule has 1 aromatic rings. The topological polar surface area (TPSA) is 55.4 Å². The van der Waals surface area contributed by atoms with Crippen LogP contribution in [0.5, 0.6) is 0 Å². The Bertz CT molecular complexity index is 396. The van der Waals surface area contributed by atoms with Gasteiger partial charge in [-0.25, -0.2) is 0 Å². The van der Waals surface area contributed by atoms with Gasteiger partial charge in [0.1, 0.15) is 9.70 Å². The minimum Gasteiger partial charge on any atom is -0.468 e. The summed E-state index contributed by atoms with van der Waals surface area (Å²) in [5, 5.41) is 4.71. The van der Waals surface area contributed by atoms with Crippen molar-refractivity contribution in [1.29, 1.82) is 0 Å². The minimum absolute atomic E-state index is 0.153. The lowest BCUT2D eigenvalue weighted by Gasteiger charge is -2.08. The monoisotopic (exact) mass is 325 g/mol. The van der Waals surface area contributed by atoms with Crippen molar-refractivity contribution >= 4 is 50.7 Å². The van der Waals surface area contributed by atoms with Crippen LogP contribution in [-0.4, -0.2) is 30.4 Å². The van der Waals surface area contributed by atoms with Crippen LogP contribution in [0.2, 0.25) is 5.02 Å². The van der Waals surface area contributed by atoms with Crippen LogP contribution in [0, 0.1) is 0 Å². The number of methoxy groups -OCH3 is 1. The molecule has 16 heavy (non-hydrogen) atoms. The Kier molecular flexibility index (Phi) is 5.24. The first kappa shape index (κ1) is 13.5. The molecule has 0 aliphatic rings. The molecular weight excluding hydrogens is 318 g/mol. The third-order valence-corrected chi connectivity index (χ3v) is 3.76. The number of hydrogen-bond donors (Lipinski definition) is 1. The predicted octanol–water partition coefficient (Wildman–Crippen LogP) is 2.07. The fraction of sp³-hybridized carbons (Fsp3) is 0.333. The van der Waals surface area contributed by atoms with E-state index in [-0.39, 0.29) is 12.5 Å². The van der Waals surface area contributed by atoms with Crippen LogP contribution < -0.4 is 5.32 Å². The molecule has 1 atom stereocenters. The van der Waals surface area contributed by atoms with Crippen molar-refractivity contribution in [2.45, 2.75) is 4.83 Å². The van der Waals surface area contributed by atoms with Gasteiger partial charge in [-0.3, -0.25) is 9.59 Å². The maximum Gasteiger partial charge on any atom is 0.321 e. The zero-order valence-electron chi connectivity index (χ0n) is 8.33. The van der Waals surface area contributed by atoms with E-state index in [1.165, 1.54) is 18.4 Å². The molecule has 0 bridgehead atoms. The first-order chi connectivity index (χ1) is 7.56. The largest absolute Gasteiger partial charge is 0.468 e. The Balaban J connectivity index is 2.48. The lowest BCUT2D eigenvalue weighted by Crippen LogP contribution is -2.33. The molecule has 0 radical (unpaired) electrons. The van der Waals surface area contributed by atoms with Gasteiger partial charge in [-0.2, -0.15) is 0 Å². The first-order valence-corrected chi connectivity index (χ1v) is 6.46. The van der Waals surface area contributed by atoms with Crippen LogP contribution in [0.1, 0.15) is 9.67 Å². The summed E-state index contributed by atoms with van der Waals surface area (Å²) in [5.41, 5.74) is 0. The number of hydrogen-bond acceptors (Lipinski definition) is 4. The Labute approximate surface area is 110 Å². The number of nitrogens with one attached hydrogen (secondary N) is 1. The van der Waals surface area contributed by atoms with Gasteiger partial charge in [0.25, 0.3) is 5.91 Å². The summed E-state index contributed by atoms with van der Waals surface area (Å²) in [6, 6.07) is 1.65. The van der Waals surface area contributed by atoms with E-state index < -0.39 is 10.8 Å². The van der Waals surface area contributed by atoms with Crippen molar-refractivity contribution in [1.82, 2.24) is 5.32 Å². The molecule has 0 aliphatic carbocycles. The van der Waals surface area contributed by atoms with Gasteiger partial charge in [-0.15, -0.1) is 11.3 Å². The van der Waals surface area contributed by atoms with Gasteiger partial charge in [0.15, 0.2) is 0 Å². The van der Waals surface area contributed by atoms with Crippen molar-refractivity contribution in [3.8, 4) is 0 Å². The zero-order chi connectivity index (χ0) is 12.1. The maximum absolute atomic E-state index is 11.6. The Morgan fingerprint density at radius 2 is 2.38 bits per heavy atom. The van der Waals surface area contributed by atoms with E-state index >= 15 is 0 Å². The van der Waals surface area contributed by atoms with Gasteiger partial charge in [0.05, 0.1) is 12.1 Å². The van der Waals surface area contributed by atoms with Crippen LogP contribution in [-0.2, 0) is 9.53 Å². The molecule has 0 aliphatic heterocycles. The Morgan fingerprint density at radius 3 is 2.88 bits per heavy atom. The fourth-order valence-electron chi connectivity index (χ4n) is 0.930. The first-order valence-electron chi connectivity index (χ1n) is 4.29. The normalized spacial score (nSPS) is 11.9. The van der Waals surface area contributed by atoms with E-state index in [1.54, 1.807) is 11.4 Å². The van der Waals surface area contributed by atoms with Crippen molar-refractivity contribution < 1.29 is 14.3 Å². The molecule has 7 heteroatoms. The van der Waals surface area contributed by atoms with Gasteiger partial charge in [-0.1, -0.05) is 27.5 Å². The summed E-state index contributed by atoms with van der Waals surface area (Å²) in [6.45, 7) is 0.153. The highest BCUT2D eigenvalue weighted by molar-refractivity contribution is 9.10. The van der Waals surface area contributed by atoms with Crippen LogP contribution in [0.25, 0.3) is 0 Å². The number of amides is 1. The van der Waals surface area contributed by atoms with E-state index in [0.717, 1.165) is 0 Å². The second-order valence-electron chi connectivity index (χ2n) is 2.80. The Hall–Kier alpha value is -0.590. The van der Waals surface area contributed by atoms with Crippen molar-refractivity contribution in [2.75, 3.05) is 13.7 Å². The molecule has 0 fully saturated rings. The van der Waals surface area contributed by atoms with Gasteiger partial charge in [-0.05, 0) is 11.4 Å². The molecule has 1 amide bonds. The summed E-state index contributed by atoms with van der Waals surface area (Å²) in [7, 11) is 1.29. The van der Waals surface area contributed by atoms with Crippen LogP contribution in [0.15, 0.2) is 11.4 Å². The third-order valence-electron chi connectivity index (χ3n) is 1.72. The number of esters is 1. The molecule has 4 nitrogen and oxygen atoms in total. The molecule has 1 N–H and O–H groups in total. The van der Waals surface area contributed by atoms with Crippen molar-refractivity contribution in [3.63, 3.8) is 0 Å². The molecule has 88 valence electrons. The molecular formula is C9H9BrClNO3S. The van der Waals surface area contributed by atoms with Crippen molar-refractivity contribution in [2.24, 2.45) is 0 Å². The zero-order valence-corrected chi connectivity index (χ0v) is 11.5. The summed E-state index contributed by atoms with van der Waals surface area (Å²) in [5.74, 6) is -0.731. The molecule has 1 rings (SSSR count). The van der Waals surface area contributed by atoms with E-state index in [2.05, 4.69) is 26.0 Å². The summed E-state index contributed by atoms with van der Waals surface area (Å²) < 4.78 is 4.50. The van der Waals surface area contributed by atoms with Crippen LogP contribution in [0.4, 0.5) is 0 Å². The standard InChI is InChI=1S/C9H9BrClNO3S/c1-15-9(14)5(10)4-12-8(13)7-6(11)2-3-16-7/h2-3,5H,4H2,1H3,(H,12,13). The number of thiophene rings is 1. The lowest BCUT2D eigenvalue weighted by molar-refractivity contribution is -0.139. The highest BCUT2D eigenvalue weighted by Crippen LogP contribution is 2.21. The number of carbonyl (C=O) groups excluding carboxylic acids is 2. The number of carbonyl (C=O) groups is 2. The summed E-state index contributed by atoms with van der Waals surface area (Å²) in [6.07, 6.45) is 0. The minimum atomic E-state index is -0.555. The molecule has 1 aromatic heterocycles. The third kappa shape index (κ3) is 3.47.